The molecule has 0 radical (unpaired) electrons. The minimum atomic E-state index is -0.353. The van der Waals surface area contributed by atoms with Crippen molar-refractivity contribution in [1.29, 1.82) is 0 Å². The molecule has 0 aliphatic carbocycles. The van der Waals surface area contributed by atoms with Gasteiger partial charge in [-0.2, -0.15) is 0 Å². The highest BCUT2D eigenvalue weighted by Crippen LogP contribution is 2.28. The molecule has 1 aromatic carbocycles. The highest BCUT2D eigenvalue weighted by Gasteiger charge is 2.09. The zero-order valence-corrected chi connectivity index (χ0v) is 9.61. The summed E-state index contributed by atoms with van der Waals surface area (Å²) in [5.41, 5.74) is 0.235. The van der Waals surface area contributed by atoms with Gasteiger partial charge in [0.05, 0.1) is 6.54 Å². The van der Waals surface area contributed by atoms with Gasteiger partial charge in [-0.05, 0) is 17.8 Å². The second-order valence-corrected chi connectivity index (χ2v) is 4.47. The third kappa shape index (κ3) is 2.01. The number of amidine groups is 1. The van der Waals surface area contributed by atoms with Crippen LogP contribution in [-0.4, -0.2) is 17.9 Å². The molecule has 0 amide bonds. The number of aliphatic imine (C=N–C) groups is 2. The number of thioether (sulfide) groups is 1. The molecule has 17 heavy (non-hydrogen) atoms. The molecule has 1 aliphatic heterocycles. The highest BCUT2D eigenvalue weighted by atomic mass is 32.2. The monoisotopic (exact) mass is 244 g/mol. The van der Waals surface area contributed by atoms with E-state index < -0.39 is 0 Å². The molecule has 84 valence electrons. The Morgan fingerprint density at radius 1 is 1.29 bits per heavy atom. The molecular weight excluding hydrogens is 236 g/mol. The second-order valence-electron chi connectivity index (χ2n) is 3.46. The Hall–Kier alpha value is -1.88. The third-order valence-electron chi connectivity index (χ3n) is 2.32. The number of hydrogen-bond donors (Lipinski definition) is 0. The lowest BCUT2D eigenvalue weighted by Crippen LogP contribution is -1.98. The summed E-state index contributed by atoms with van der Waals surface area (Å²) in [6.07, 6.45) is 1.75. The molecule has 1 aromatic heterocycles. The molecule has 2 heterocycles. The van der Waals surface area contributed by atoms with Crippen molar-refractivity contribution in [3.63, 3.8) is 0 Å². The van der Waals surface area contributed by atoms with E-state index in [0.717, 1.165) is 10.3 Å². The van der Waals surface area contributed by atoms with Crippen molar-refractivity contribution in [3.05, 3.63) is 40.8 Å². The summed E-state index contributed by atoms with van der Waals surface area (Å²) >= 11 is 1.39. The maximum Gasteiger partial charge on any atom is 0.337 e. The van der Waals surface area contributed by atoms with Crippen LogP contribution in [0.3, 0.4) is 0 Å². The van der Waals surface area contributed by atoms with Crippen LogP contribution in [0.25, 0.3) is 11.0 Å². The SMILES string of the molecule is O=c1cc(SC2=NCC=N2)c2ccccc2o1. The molecule has 0 bridgehead atoms. The molecule has 3 rings (SSSR count). The summed E-state index contributed by atoms with van der Waals surface area (Å²) < 4.78 is 5.12. The van der Waals surface area contributed by atoms with Gasteiger partial charge >= 0.3 is 5.63 Å². The first-order chi connectivity index (χ1) is 8.33. The Morgan fingerprint density at radius 2 is 2.18 bits per heavy atom. The summed E-state index contributed by atoms with van der Waals surface area (Å²) in [7, 11) is 0. The first-order valence-electron chi connectivity index (χ1n) is 5.11. The van der Waals surface area contributed by atoms with Gasteiger partial charge in [-0.15, -0.1) is 0 Å². The van der Waals surface area contributed by atoms with Gasteiger partial charge in [-0.25, -0.2) is 9.79 Å². The molecule has 0 saturated carbocycles. The Labute approximate surface area is 101 Å². The number of para-hydroxylation sites is 1. The summed E-state index contributed by atoms with van der Waals surface area (Å²) in [5, 5.41) is 1.59. The van der Waals surface area contributed by atoms with Gasteiger partial charge < -0.3 is 4.42 Å². The normalized spacial score (nSPS) is 14.2. The van der Waals surface area contributed by atoms with E-state index in [4.69, 9.17) is 4.42 Å². The molecule has 1 aliphatic rings. The van der Waals surface area contributed by atoms with Crippen molar-refractivity contribution in [2.24, 2.45) is 9.98 Å². The van der Waals surface area contributed by atoms with Crippen molar-refractivity contribution in [2.45, 2.75) is 4.90 Å². The third-order valence-corrected chi connectivity index (χ3v) is 3.30. The van der Waals surface area contributed by atoms with Gasteiger partial charge in [0.15, 0.2) is 5.17 Å². The lowest BCUT2D eigenvalue weighted by Gasteiger charge is -2.02. The Kier molecular flexibility index (Phi) is 2.53. The summed E-state index contributed by atoms with van der Waals surface area (Å²) in [6, 6.07) is 8.92. The maximum absolute atomic E-state index is 11.4. The van der Waals surface area contributed by atoms with Crippen LogP contribution in [0.5, 0.6) is 0 Å². The van der Waals surface area contributed by atoms with E-state index in [-0.39, 0.29) is 5.63 Å². The van der Waals surface area contributed by atoms with Crippen molar-refractivity contribution in [3.8, 4) is 0 Å². The predicted molar refractivity (Wildman–Crippen MR) is 69.1 cm³/mol. The zero-order valence-electron chi connectivity index (χ0n) is 8.79. The van der Waals surface area contributed by atoms with Crippen molar-refractivity contribution in [1.82, 2.24) is 0 Å². The van der Waals surface area contributed by atoms with Crippen LogP contribution in [0.2, 0.25) is 0 Å². The highest BCUT2D eigenvalue weighted by molar-refractivity contribution is 8.14. The predicted octanol–water partition coefficient (Wildman–Crippen LogP) is 2.33. The van der Waals surface area contributed by atoms with Crippen LogP contribution >= 0.6 is 11.8 Å². The van der Waals surface area contributed by atoms with Gasteiger partial charge in [0.25, 0.3) is 0 Å². The molecule has 0 unspecified atom stereocenters. The van der Waals surface area contributed by atoms with Crippen LogP contribution in [0.1, 0.15) is 0 Å². The van der Waals surface area contributed by atoms with E-state index in [1.807, 2.05) is 18.2 Å². The van der Waals surface area contributed by atoms with Gasteiger partial charge in [0.1, 0.15) is 5.58 Å². The number of benzene rings is 1. The van der Waals surface area contributed by atoms with Crippen LogP contribution in [-0.2, 0) is 0 Å². The fraction of sp³-hybridized carbons (Fsp3) is 0.0833. The van der Waals surface area contributed by atoms with Crippen LogP contribution in [0.4, 0.5) is 0 Å². The van der Waals surface area contributed by atoms with E-state index in [0.29, 0.717) is 17.3 Å². The van der Waals surface area contributed by atoms with E-state index in [2.05, 4.69) is 9.98 Å². The number of fused-ring (bicyclic) bond motifs is 1. The molecule has 2 aromatic rings. The molecule has 0 spiro atoms. The average molecular weight is 244 g/mol. The molecule has 5 heteroatoms. The molecular formula is C12H8N2O2S. The summed E-state index contributed by atoms with van der Waals surface area (Å²) in [6.45, 7) is 0.613. The van der Waals surface area contributed by atoms with Crippen LogP contribution in [0, 0.1) is 0 Å². The molecule has 0 N–H and O–H groups in total. The Balaban J connectivity index is 2.14. The Morgan fingerprint density at radius 3 is 3.00 bits per heavy atom. The molecule has 0 fully saturated rings. The van der Waals surface area contributed by atoms with E-state index in [1.54, 1.807) is 12.3 Å². The number of hydrogen-bond acceptors (Lipinski definition) is 5. The number of rotatable bonds is 1. The minimum absolute atomic E-state index is 0.353. The first kappa shape index (κ1) is 10.3. The van der Waals surface area contributed by atoms with Crippen molar-refractivity contribution < 1.29 is 4.42 Å². The first-order valence-corrected chi connectivity index (χ1v) is 5.92. The van der Waals surface area contributed by atoms with E-state index >= 15 is 0 Å². The van der Waals surface area contributed by atoms with E-state index in [1.165, 1.54) is 17.8 Å². The standard InChI is InChI=1S/C12H8N2O2S/c15-11-7-10(17-12-13-5-6-14-12)8-3-1-2-4-9(8)16-11/h1-5,7H,6H2. The molecule has 0 atom stereocenters. The van der Waals surface area contributed by atoms with Gasteiger partial charge in [0, 0.05) is 22.6 Å². The lowest BCUT2D eigenvalue weighted by atomic mass is 10.2. The zero-order chi connectivity index (χ0) is 11.7. The van der Waals surface area contributed by atoms with Crippen LogP contribution in [0.15, 0.2) is 54.4 Å². The average Bonchev–Trinajstić information content (AvgIpc) is 2.81. The maximum atomic E-state index is 11.4. The smallest absolute Gasteiger partial charge is 0.337 e. The quantitative estimate of drug-likeness (QED) is 0.723. The second kappa shape index (κ2) is 4.18. The summed E-state index contributed by atoms with van der Waals surface area (Å²) in [4.78, 5) is 20.6. The van der Waals surface area contributed by atoms with E-state index in [9.17, 15) is 4.79 Å². The van der Waals surface area contributed by atoms with Gasteiger partial charge in [-0.1, -0.05) is 18.2 Å². The minimum Gasteiger partial charge on any atom is -0.423 e. The summed E-state index contributed by atoms with van der Waals surface area (Å²) in [5.74, 6) is 0. The molecule has 0 saturated heterocycles. The van der Waals surface area contributed by atoms with Crippen molar-refractivity contribution >= 4 is 34.1 Å². The van der Waals surface area contributed by atoms with Gasteiger partial charge in [-0.3, -0.25) is 4.99 Å². The van der Waals surface area contributed by atoms with Crippen molar-refractivity contribution in [2.75, 3.05) is 6.54 Å². The van der Waals surface area contributed by atoms with Crippen LogP contribution < -0.4 is 5.63 Å². The lowest BCUT2D eigenvalue weighted by molar-refractivity contribution is 0.557. The Bertz CT molecular complexity index is 688. The topological polar surface area (TPSA) is 54.9 Å². The largest absolute Gasteiger partial charge is 0.423 e. The van der Waals surface area contributed by atoms with Gasteiger partial charge in [0.2, 0.25) is 0 Å². The fourth-order valence-electron chi connectivity index (χ4n) is 1.60. The number of nitrogens with zero attached hydrogens (tertiary/aromatic N) is 2. The fourth-order valence-corrected chi connectivity index (χ4v) is 2.50. The molecule has 4 nitrogen and oxygen atoms in total.